The number of hydrogen-bond donors (Lipinski definition) is 0. The molecule has 1 radical (unpaired) electrons. The Kier molecular flexibility index (Phi) is 3.94. The van der Waals surface area contributed by atoms with Crippen LogP contribution in [0.25, 0.3) is 0 Å². The van der Waals surface area contributed by atoms with Crippen molar-refractivity contribution in [1.29, 1.82) is 0 Å². The maximum Gasteiger partial charge on any atom is 0.244 e. The van der Waals surface area contributed by atoms with E-state index in [1.807, 2.05) is 41.5 Å². The van der Waals surface area contributed by atoms with E-state index in [0.29, 0.717) is 4.90 Å². The Hall–Kier alpha value is -0.870. The lowest BCUT2D eigenvalue weighted by Gasteiger charge is -2.43. The van der Waals surface area contributed by atoms with Crippen LogP contribution in [0.5, 0.6) is 0 Å². The summed E-state index contributed by atoms with van der Waals surface area (Å²) in [5.74, 6) is 0. The largest absolute Gasteiger partial charge is 0.244 e. The van der Waals surface area contributed by atoms with Gasteiger partial charge in [0.05, 0.1) is 4.90 Å². The van der Waals surface area contributed by atoms with Gasteiger partial charge in [-0.25, -0.2) is 8.42 Å². The highest BCUT2D eigenvalue weighted by Crippen LogP contribution is 2.32. The first kappa shape index (κ1) is 15.2. The number of hydrogen-bond acceptors (Lipinski definition) is 2. The van der Waals surface area contributed by atoms with Crippen LogP contribution in [-0.2, 0) is 10.0 Å². The molecule has 0 amide bonds. The molecule has 4 heteroatoms. The molecule has 0 saturated carbocycles. The summed E-state index contributed by atoms with van der Waals surface area (Å²) in [6.07, 6.45) is 0. The zero-order valence-electron chi connectivity index (χ0n) is 12.0. The van der Waals surface area contributed by atoms with Gasteiger partial charge in [0, 0.05) is 11.1 Å². The van der Waals surface area contributed by atoms with Crippen molar-refractivity contribution in [3.05, 3.63) is 30.3 Å². The molecule has 0 aromatic heterocycles. The van der Waals surface area contributed by atoms with E-state index in [2.05, 4.69) is 6.07 Å². The number of nitrogens with zero attached hydrogens (tertiary/aromatic N) is 1. The smallest absolute Gasteiger partial charge is 0.207 e. The number of rotatable bonds is 2. The maximum absolute atomic E-state index is 12.7. The van der Waals surface area contributed by atoms with Gasteiger partial charge in [0.25, 0.3) is 0 Å². The normalized spacial score (nSPS) is 13.9. The van der Waals surface area contributed by atoms with Crippen LogP contribution < -0.4 is 0 Å². The lowest BCUT2D eigenvalue weighted by Crippen LogP contribution is -2.55. The molecule has 0 saturated heterocycles. The van der Waals surface area contributed by atoms with Crippen LogP contribution in [0.1, 0.15) is 41.5 Å². The fraction of sp³-hybridized carbons (Fsp3) is 0.571. The van der Waals surface area contributed by atoms with Gasteiger partial charge in [-0.3, -0.25) is 0 Å². The Morgan fingerprint density at radius 1 is 0.944 bits per heavy atom. The SMILES string of the molecule is CC(C)(C)N(C(C)(C)C)S(=O)(=O)c1cc[c]cc1. The number of benzene rings is 1. The minimum absolute atomic E-state index is 0.311. The van der Waals surface area contributed by atoms with E-state index in [-0.39, 0.29) is 0 Å². The third-order valence-corrected chi connectivity index (χ3v) is 4.89. The van der Waals surface area contributed by atoms with E-state index in [9.17, 15) is 8.42 Å². The second kappa shape index (κ2) is 4.67. The highest BCUT2D eigenvalue weighted by Gasteiger charge is 2.41. The molecule has 3 nitrogen and oxygen atoms in total. The van der Waals surface area contributed by atoms with Crippen molar-refractivity contribution >= 4 is 10.0 Å². The molecular weight excluding hydrogens is 246 g/mol. The standard InChI is InChI=1S/C14H22NO2S/c1-13(2,3)15(14(4,5)6)18(16,17)12-10-8-7-9-11-12/h8-11H,1-6H3. The summed E-state index contributed by atoms with van der Waals surface area (Å²) >= 11 is 0. The highest BCUT2D eigenvalue weighted by molar-refractivity contribution is 7.89. The summed E-state index contributed by atoms with van der Waals surface area (Å²) in [7, 11) is -3.50. The Bertz CT molecular complexity index is 479. The minimum atomic E-state index is -3.50. The molecule has 1 aromatic rings. The monoisotopic (exact) mass is 268 g/mol. The lowest BCUT2D eigenvalue weighted by atomic mass is 10.0. The van der Waals surface area contributed by atoms with Crippen molar-refractivity contribution in [2.45, 2.75) is 57.5 Å². The molecule has 0 aliphatic carbocycles. The third kappa shape index (κ3) is 3.12. The molecule has 0 bridgehead atoms. The van der Waals surface area contributed by atoms with Gasteiger partial charge in [-0.15, -0.1) is 0 Å². The fourth-order valence-corrected chi connectivity index (χ4v) is 4.51. The molecule has 0 heterocycles. The topological polar surface area (TPSA) is 37.4 Å². The Labute approximate surface area is 111 Å². The van der Waals surface area contributed by atoms with E-state index in [1.54, 1.807) is 28.6 Å². The predicted octanol–water partition coefficient (Wildman–Crippen LogP) is 3.07. The summed E-state index contributed by atoms with van der Waals surface area (Å²) in [5.41, 5.74) is -0.951. The predicted molar refractivity (Wildman–Crippen MR) is 73.8 cm³/mol. The molecule has 0 spiro atoms. The van der Waals surface area contributed by atoms with Crippen LogP contribution in [0, 0.1) is 6.07 Å². The van der Waals surface area contributed by atoms with E-state index >= 15 is 0 Å². The zero-order chi connectivity index (χ0) is 14.2. The van der Waals surface area contributed by atoms with Crippen LogP contribution in [0.3, 0.4) is 0 Å². The summed E-state index contributed by atoms with van der Waals surface area (Å²) in [5, 5.41) is 0. The molecule has 18 heavy (non-hydrogen) atoms. The third-order valence-electron chi connectivity index (χ3n) is 2.44. The van der Waals surface area contributed by atoms with Crippen molar-refractivity contribution in [1.82, 2.24) is 4.31 Å². The van der Waals surface area contributed by atoms with Gasteiger partial charge in [0.15, 0.2) is 0 Å². The zero-order valence-corrected chi connectivity index (χ0v) is 12.8. The van der Waals surface area contributed by atoms with Gasteiger partial charge in [-0.05, 0) is 59.7 Å². The lowest BCUT2D eigenvalue weighted by molar-refractivity contribution is 0.140. The Morgan fingerprint density at radius 3 is 1.67 bits per heavy atom. The van der Waals surface area contributed by atoms with Crippen molar-refractivity contribution in [3.63, 3.8) is 0 Å². The summed E-state index contributed by atoms with van der Waals surface area (Å²) in [6.45, 7) is 11.4. The summed E-state index contributed by atoms with van der Waals surface area (Å²) in [4.78, 5) is 0.311. The molecule has 0 atom stereocenters. The Balaban J connectivity index is 3.41. The van der Waals surface area contributed by atoms with E-state index in [4.69, 9.17) is 0 Å². The molecule has 0 aliphatic rings. The molecule has 1 aromatic carbocycles. The van der Waals surface area contributed by atoms with Crippen molar-refractivity contribution in [2.75, 3.05) is 0 Å². The second-order valence-electron chi connectivity index (χ2n) is 6.35. The molecule has 1 rings (SSSR count). The molecule has 0 fully saturated rings. The molecular formula is C14H22NO2S. The molecule has 0 aliphatic heterocycles. The van der Waals surface area contributed by atoms with Crippen molar-refractivity contribution in [3.8, 4) is 0 Å². The first-order chi connectivity index (χ1) is 7.97. The van der Waals surface area contributed by atoms with Crippen LogP contribution in [-0.4, -0.2) is 23.8 Å². The van der Waals surface area contributed by atoms with Gasteiger partial charge in [-0.1, -0.05) is 12.1 Å². The van der Waals surface area contributed by atoms with Crippen LogP contribution in [0.15, 0.2) is 29.2 Å². The summed E-state index contributed by atoms with van der Waals surface area (Å²) in [6, 6.07) is 9.25. The van der Waals surface area contributed by atoms with E-state index < -0.39 is 21.1 Å². The van der Waals surface area contributed by atoms with Gasteiger partial charge in [0.1, 0.15) is 0 Å². The fourth-order valence-electron chi connectivity index (χ4n) is 2.38. The minimum Gasteiger partial charge on any atom is -0.207 e. The maximum atomic E-state index is 12.7. The first-order valence-corrected chi connectivity index (χ1v) is 7.43. The molecule has 101 valence electrons. The molecule has 0 N–H and O–H groups in total. The highest BCUT2D eigenvalue weighted by atomic mass is 32.2. The Morgan fingerprint density at radius 2 is 1.33 bits per heavy atom. The van der Waals surface area contributed by atoms with Crippen LogP contribution in [0.4, 0.5) is 0 Å². The van der Waals surface area contributed by atoms with Crippen molar-refractivity contribution in [2.24, 2.45) is 0 Å². The summed E-state index contributed by atoms with van der Waals surface area (Å²) < 4.78 is 27.0. The van der Waals surface area contributed by atoms with Gasteiger partial charge in [-0.2, -0.15) is 4.31 Å². The second-order valence-corrected chi connectivity index (χ2v) is 8.13. The van der Waals surface area contributed by atoms with E-state index in [1.165, 1.54) is 0 Å². The average Bonchev–Trinajstić information content (AvgIpc) is 2.13. The van der Waals surface area contributed by atoms with Gasteiger partial charge in [0.2, 0.25) is 10.0 Å². The first-order valence-electron chi connectivity index (χ1n) is 5.99. The van der Waals surface area contributed by atoms with Crippen LogP contribution >= 0.6 is 0 Å². The molecule has 0 unspecified atom stereocenters. The van der Waals surface area contributed by atoms with Crippen LogP contribution in [0.2, 0.25) is 0 Å². The van der Waals surface area contributed by atoms with E-state index in [0.717, 1.165) is 0 Å². The van der Waals surface area contributed by atoms with Gasteiger partial charge >= 0.3 is 0 Å². The quantitative estimate of drug-likeness (QED) is 0.826. The van der Waals surface area contributed by atoms with Gasteiger partial charge < -0.3 is 0 Å². The van der Waals surface area contributed by atoms with Crippen molar-refractivity contribution < 1.29 is 8.42 Å². The number of sulfonamides is 1. The average molecular weight is 268 g/mol.